The second kappa shape index (κ2) is 9.41. The summed E-state index contributed by atoms with van der Waals surface area (Å²) < 4.78 is 4.69. The first-order valence-corrected chi connectivity index (χ1v) is 7.66. The number of nitrogens with zero attached hydrogens (tertiary/aromatic N) is 1. The second-order valence-electron chi connectivity index (χ2n) is 4.11. The number of carbonyl (C=O) groups excluding carboxylic acids is 3. The number of benzene rings is 1. The van der Waals surface area contributed by atoms with Crippen LogP contribution < -0.4 is 10.9 Å². The predicted octanol–water partition coefficient (Wildman–Crippen LogP) is 0.652. The number of esters is 1. The molecular formula is C13H15N3O6S. The number of hydrazine groups is 1. The highest BCUT2D eigenvalue weighted by Gasteiger charge is 2.12. The number of ether oxygens (including phenoxy) is 1. The third kappa shape index (κ3) is 6.78. The fourth-order valence-electron chi connectivity index (χ4n) is 1.43. The normalized spacial score (nSPS) is 9.78. The average Bonchev–Trinajstić information content (AvgIpc) is 2.53. The molecule has 0 saturated carbocycles. The van der Waals surface area contributed by atoms with E-state index in [9.17, 15) is 24.5 Å². The largest absolute Gasteiger partial charge is 0.465 e. The molecular weight excluding hydrogens is 326 g/mol. The van der Waals surface area contributed by atoms with Gasteiger partial charge in [0.2, 0.25) is 5.91 Å². The summed E-state index contributed by atoms with van der Waals surface area (Å²) in [5.74, 6) is -1.64. The van der Waals surface area contributed by atoms with Gasteiger partial charge in [-0.1, -0.05) is 6.07 Å². The molecule has 2 N–H and O–H groups in total. The molecule has 1 aromatic carbocycles. The van der Waals surface area contributed by atoms with Crippen LogP contribution in [0.4, 0.5) is 5.69 Å². The average molecular weight is 341 g/mol. The van der Waals surface area contributed by atoms with Crippen LogP contribution in [0.25, 0.3) is 0 Å². The number of non-ortho nitro benzene ring substituents is 1. The van der Waals surface area contributed by atoms with Crippen molar-refractivity contribution in [1.82, 2.24) is 10.9 Å². The maximum Gasteiger partial charge on any atom is 0.315 e. The Hall–Kier alpha value is -2.62. The summed E-state index contributed by atoms with van der Waals surface area (Å²) >= 11 is 1.04. The van der Waals surface area contributed by atoms with Gasteiger partial charge in [-0.2, -0.15) is 0 Å². The van der Waals surface area contributed by atoms with Gasteiger partial charge in [-0.15, -0.1) is 11.8 Å². The summed E-state index contributed by atoms with van der Waals surface area (Å²) in [6.07, 6.45) is 0. The van der Waals surface area contributed by atoms with Gasteiger partial charge in [-0.05, 0) is 13.0 Å². The topological polar surface area (TPSA) is 128 Å². The zero-order chi connectivity index (χ0) is 17.2. The number of amides is 2. The number of carbonyl (C=O) groups is 3. The Labute approximate surface area is 135 Å². The van der Waals surface area contributed by atoms with E-state index in [-0.39, 0.29) is 29.4 Å². The molecule has 9 nitrogen and oxygen atoms in total. The van der Waals surface area contributed by atoms with Gasteiger partial charge in [-0.25, -0.2) is 0 Å². The molecule has 0 radical (unpaired) electrons. The highest BCUT2D eigenvalue weighted by atomic mass is 32.2. The van der Waals surface area contributed by atoms with E-state index in [0.29, 0.717) is 0 Å². The zero-order valence-corrected chi connectivity index (χ0v) is 13.1. The molecule has 10 heteroatoms. The molecule has 0 aliphatic carbocycles. The summed E-state index contributed by atoms with van der Waals surface area (Å²) in [5.41, 5.74) is 4.10. The van der Waals surface area contributed by atoms with Crippen LogP contribution >= 0.6 is 11.8 Å². The zero-order valence-electron chi connectivity index (χ0n) is 12.2. The predicted molar refractivity (Wildman–Crippen MR) is 82.7 cm³/mol. The first-order chi connectivity index (χ1) is 10.9. The van der Waals surface area contributed by atoms with Crippen LogP contribution in [0.1, 0.15) is 17.3 Å². The molecule has 0 aliphatic heterocycles. The Bertz CT molecular complexity index is 607. The molecule has 0 heterocycles. The lowest BCUT2D eigenvalue weighted by Crippen LogP contribution is -2.42. The van der Waals surface area contributed by atoms with E-state index in [4.69, 9.17) is 4.74 Å². The maximum atomic E-state index is 11.8. The fraction of sp³-hybridized carbons (Fsp3) is 0.308. The lowest BCUT2D eigenvalue weighted by atomic mass is 10.2. The van der Waals surface area contributed by atoms with Gasteiger partial charge in [0.1, 0.15) is 0 Å². The second-order valence-corrected chi connectivity index (χ2v) is 5.09. The maximum absolute atomic E-state index is 11.8. The molecule has 0 saturated heterocycles. The van der Waals surface area contributed by atoms with Crippen molar-refractivity contribution in [2.24, 2.45) is 0 Å². The van der Waals surface area contributed by atoms with Gasteiger partial charge < -0.3 is 4.74 Å². The van der Waals surface area contributed by atoms with Crippen molar-refractivity contribution < 1.29 is 24.0 Å². The molecule has 1 rings (SSSR count). The summed E-state index contributed by atoms with van der Waals surface area (Å²) in [6.45, 7) is 1.95. The SMILES string of the molecule is CCOC(=O)CSCC(=O)NNC(=O)c1cccc([N+](=O)[O-])c1. The monoisotopic (exact) mass is 341 g/mol. The van der Waals surface area contributed by atoms with Crippen LogP contribution in [0.5, 0.6) is 0 Å². The molecule has 2 amide bonds. The van der Waals surface area contributed by atoms with Crippen LogP contribution in [0, 0.1) is 10.1 Å². The highest BCUT2D eigenvalue weighted by Crippen LogP contribution is 2.12. The number of hydrogen-bond donors (Lipinski definition) is 2. The van der Waals surface area contributed by atoms with Gasteiger partial charge in [0.05, 0.1) is 23.0 Å². The first-order valence-electron chi connectivity index (χ1n) is 6.51. The molecule has 1 aromatic rings. The molecule has 0 atom stereocenters. The molecule has 0 unspecified atom stereocenters. The summed E-state index contributed by atoms with van der Waals surface area (Å²) in [6, 6.07) is 5.09. The van der Waals surface area contributed by atoms with Gasteiger partial charge in [0, 0.05) is 17.7 Å². The number of nitrogens with one attached hydrogen (secondary N) is 2. The lowest BCUT2D eigenvalue weighted by Gasteiger charge is -2.07. The molecule has 0 bridgehead atoms. The van der Waals surface area contributed by atoms with E-state index in [0.717, 1.165) is 17.8 Å². The van der Waals surface area contributed by atoms with Gasteiger partial charge in [0.25, 0.3) is 11.6 Å². The number of hydrogen-bond acceptors (Lipinski definition) is 7. The number of nitro groups is 1. The van der Waals surface area contributed by atoms with Gasteiger partial charge in [-0.3, -0.25) is 35.3 Å². The number of thioether (sulfide) groups is 1. The van der Waals surface area contributed by atoms with E-state index in [1.165, 1.54) is 18.2 Å². The minimum absolute atomic E-state index is 0.0279. The van der Waals surface area contributed by atoms with Crippen LogP contribution in [0.3, 0.4) is 0 Å². The molecule has 0 aliphatic rings. The van der Waals surface area contributed by atoms with Crippen molar-refractivity contribution in [1.29, 1.82) is 0 Å². The Kier molecular flexibility index (Phi) is 7.54. The molecule has 23 heavy (non-hydrogen) atoms. The molecule has 0 aromatic heterocycles. The van der Waals surface area contributed by atoms with Crippen molar-refractivity contribution in [3.8, 4) is 0 Å². The van der Waals surface area contributed by atoms with Crippen molar-refractivity contribution in [3.05, 3.63) is 39.9 Å². The molecule has 124 valence electrons. The van der Waals surface area contributed by atoms with Gasteiger partial charge in [0.15, 0.2) is 0 Å². The van der Waals surface area contributed by atoms with Crippen molar-refractivity contribution in [3.63, 3.8) is 0 Å². The lowest BCUT2D eigenvalue weighted by molar-refractivity contribution is -0.384. The number of rotatable bonds is 7. The smallest absolute Gasteiger partial charge is 0.315 e. The molecule has 0 fully saturated rings. The summed E-state index contributed by atoms with van der Waals surface area (Å²) in [4.78, 5) is 44.3. The van der Waals surface area contributed by atoms with Crippen LogP contribution in [-0.2, 0) is 14.3 Å². The van der Waals surface area contributed by atoms with Crippen LogP contribution in [0.2, 0.25) is 0 Å². The summed E-state index contributed by atoms with van der Waals surface area (Å²) in [5, 5.41) is 10.6. The van der Waals surface area contributed by atoms with Crippen LogP contribution in [-0.4, -0.2) is 40.8 Å². The van der Waals surface area contributed by atoms with Gasteiger partial charge >= 0.3 is 5.97 Å². The quantitative estimate of drug-likeness (QED) is 0.423. The van der Waals surface area contributed by atoms with E-state index in [2.05, 4.69) is 10.9 Å². The Balaban J connectivity index is 2.38. The van der Waals surface area contributed by atoms with Crippen molar-refractivity contribution >= 4 is 35.2 Å². The minimum atomic E-state index is -0.683. The third-order valence-electron chi connectivity index (χ3n) is 2.39. The highest BCUT2D eigenvalue weighted by molar-refractivity contribution is 8.00. The van der Waals surface area contributed by atoms with Crippen LogP contribution in [0.15, 0.2) is 24.3 Å². The molecule has 0 spiro atoms. The Morgan fingerprint density at radius 1 is 1.26 bits per heavy atom. The number of nitro benzene ring substituents is 1. The van der Waals surface area contributed by atoms with Crippen molar-refractivity contribution in [2.75, 3.05) is 18.1 Å². The van der Waals surface area contributed by atoms with E-state index >= 15 is 0 Å². The Morgan fingerprint density at radius 2 is 2.00 bits per heavy atom. The minimum Gasteiger partial charge on any atom is -0.465 e. The van der Waals surface area contributed by atoms with Crippen molar-refractivity contribution in [2.45, 2.75) is 6.92 Å². The third-order valence-corrected chi connectivity index (χ3v) is 3.30. The summed E-state index contributed by atoms with van der Waals surface area (Å²) in [7, 11) is 0. The first kappa shape index (κ1) is 18.4. The Morgan fingerprint density at radius 3 is 2.65 bits per heavy atom. The standard InChI is InChI=1S/C13H15N3O6S/c1-2-22-12(18)8-23-7-11(17)14-15-13(19)9-4-3-5-10(6-9)16(20)21/h3-6H,2,7-8H2,1H3,(H,14,17)(H,15,19). The van der Waals surface area contributed by atoms with E-state index in [1.54, 1.807) is 6.92 Å². The fourth-order valence-corrected chi connectivity index (χ4v) is 2.03. The van der Waals surface area contributed by atoms with E-state index in [1.807, 2.05) is 0 Å². The van der Waals surface area contributed by atoms with E-state index < -0.39 is 22.7 Å².